The van der Waals surface area contributed by atoms with E-state index in [1.54, 1.807) is 19.2 Å². The summed E-state index contributed by atoms with van der Waals surface area (Å²) in [6.45, 7) is 1.89. The first-order valence-corrected chi connectivity index (χ1v) is 9.86. The number of ether oxygens (including phenoxy) is 1. The number of anilines is 1. The summed E-state index contributed by atoms with van der Waals surface area (Å²) in [4.78, 5) is 11.0. The van der Waals surface area contributed by atoms with Crippen LogP contribution in [-0.4, -0.2) is 43.9 Å². The van der Waals surface area contributed by atoms with Crippen LogP contribution in [0.15, 0.2) is 47.6 Å². The van der Waals surface area contributed by atoms with E-state index in [4.69, 9.17) is 4.74 Å². The summed E-state index contributed by atoms with van der Waals surface area (Å²) in [5.74, 6) is 1.82. The van der Waals surface area contributed by atoms with Crippen LogP contribution in [0.3, 0.4) is 0 Å². The number of alkyl halides is 3. The Hall–Kier alpha value is -2.97. The van der Waals surface area contributed by atoms with Gasteiger partial charge in [-0.25, -0.2) is 4.98 Å². The lowest BCUT2D eigenvalue weighted by Crippen LogP contribution is -2.36. The molecule has 2 heterocycles. The first-order valence-electron chi connectivity index (χ1n) is 9.86. The number of benzene rings is 1. The van der Waals surface area contributed by atoms with E-state index in [0.29, 0.717) is 19.0 Å². The predicted molar refractivity (Wildman–Crippen MR) is 111 cm³/mol. The molecule has 6 nitrogen and oxygen atoms in total. The molecule has 1 fully saturated rings. The van der Waals surface area contributed by atoms with Crippen molar-refractivity contribution in [2.75, 3.05) is 31.6 Å². The molecule has 3 rings (SSSR count). The topological polar surface area (TPSA) is 61.8 Å². The molecule has 1 aromatic heterocycles. The maximum atomic E-state index is 12.2. The van der Waals surface area contributed by atoms with Crippen LogP contribution in [0.25, 0.3) is 0 Å². The van der Waals surface area contributed by atoms with Gasteiger partial charge in [0.2, 0.25) is 0 Å². The highest BCUT2D eigenvalue weighted by Crippen LogP contribution is 2.19. The zero-order chi connectivity index (χ0) is 21.4. The standard InChI is InChI=1S/C21H26F3N5O/c1-25-20(27-12-16-4-7-18(8-5-16)30-15-21(22,23)24)28-14-17-6-9-19(26-13-17)29-10-2-3-11-29/h4-9,13H,2-3,10-12,14-15H2,1H3,(H2,25,27,28). The van der Waals surface area contributed by atoms with Crippen LogP contribution in [0.4, 0.5) is 19.0 Å². The van der Waals surface area contributed by atoms with Crippen molar-refractivity contribution < 1.29 is 17.9 Å². The third-order valence-electron chi connectivity index (χ3n) is 4.71. The first kappa shape index (κ1) is 21.7. The van der Waals surface area contributed by atoms with Crippen molar-refractivity contribution in [2.45, 2.75) is 32.1 Å². The highest BCUT2D eigenvalue weighted by molar-refractivity contribution is 5.79. The Morgan fingerprint density at radius 2 is 1.67 bits per heavy atom. The summed E-state index contributed by atoms with van der Waals surface area (Å²) in [5.41, 5.74) is 1.95. The highest BCUT2D eigenvalue weighted by Gasteiger charge is 2.28. The van der Waals surface area contributed by atoms with Crippen LogP contribution < -0.4 is 20.3 Å². The molecule has 0 atom stereocenters. The normalized spacial score (nSPS) is 14.7. The number of halogens is 3. The van der Waals surface area contributed by atoms with Gasteiger partial charge in [-0.3, -0.25) is 4.99 Å². The van der Waals surface area contributed by atoms with Crippen molar-refractivity contribution in [3.63, 3.8) is 0 Å². The smallest absolute Gasteiger partial charge is 0.422 e. The highest BCUT2D eigenvalue weighted by atomic mass is 19.4. The molecule has 1 aromatic carbocycles. The quantitative estimate of drug-likeness (QED) is 0.529. The van der Waals surface area contributed by atoms with Gasteiger partial charge in [0.25, 0.3) is 0 Å². The molecule has 0 spiro atoms. The van der Waals surface area contributed by atoms with E-state index in [2.05, 4.69) is 31.6 Å². The molecule has 0 unspecified atom stereocenters. The van der Waals surface area contributed by atoms with Gasteiger partial charge >= 0.3 is 6.18 Å². The molecule has 9 heteroatoms. The van der Waals surface area contributed by atoms with Gasteiger partial charge in [-0.2, -0.15) is 13.2 Å². The molecule has 0 amide bonds. The fourth-order valence-corrected chi connectivity index (χ4v) is 3.12. The number of rotatable bonds is 7. The molecule has 162 valence electrons. The number of guanidine groups is 1. The lowest BCUT2D eigenvalue weighted by Gasteiger charge is -2.16. The lowest BCUT2D eigenvalue weighted by atomic mass is 10.2. The van der Waals surface area contributed by atoms with Crippen LogP contribution >= 0.6 is 0 Å². The molecular formula is C21H26F3N5O. The molecule has 2 N–H and O–H groups in total. The Balaban J connectivity index is 1.43. The van der Waals surface area contributed by atoms with E-state index < -0.39 is 12.8 Å². The second-order valence-electron chi connectivity index (χ2n) is 7.05. The maximum absolute atomic E-state index is 12.2. The third-order valence-corrected chi connectivity index (χ3v) is 4.71. The molecular weight excluding hydrogens is 395 g/mol. The Bertz CT molecular complexity index is 816. The number of aromatic nitrogens is 1. The molecule has 0 bridgehead atoms. The van der Waals surface area contributed by atoms with Crippen LogP contribution in [0.5, 0.6) is 5.75 Å². The average molecular weight is 421 g/mol. The molecule has 2 aromatic rings. The molecule has 30 heavy (non-hydrogen) atoms. The molecule has 0 aliphatic carbocycles. The van der Waals surface area contributed by atoms with Crippen LogP contribution in [-0.2, 0) is 13.1 Å². The Labute approximate surface area is 174 Å². The molecule has 1 aliphatic heterocycles. The monoisotopic (exact) mass is 421 g/mol. The summed E-state index contributed by atoms with van der Waals surface area (Å²) in [6, 6.07) is 10.6. The number of hydrogen-bond acceptors (Lipinski definition) is 4. The Morgan fingerprint density at radius 3 is 2.23 bits per heavy atom. The van der Waals surface area contributed by atoms with Crippen LogP contribution in [0.2, 0.25) is 0 Å². The van der Waals surface area contributed by atoms with Crippen LogP contribution in [0.1, 0.15) is 24.0 Å². The van der Waals surface area contributed by atoms with E-state index in [1.807, 2.05) is 12.3 Å². The van der Waals surface area contributed by atoms with Crippen molar-refractivity contribution in [2.24, 2.45) is 4.99 Å². The van der Waals surface area contributed by atoms with Gasteiger partial charge in [0.1, 0.15) is 11.6 Å². The van der Waals surface area contributed by atoms with Gasteiger partial charge in [-0.1, -0.05) is 18.2 Å². The largest absolute Gasteiger partial charge is 0.484 e. The van der Waals surface area contributed by atoms with Gasteiger partial charge in [-0.05, 0) is 42.2 Å². The second kappa shape index (κ2) is 10.2. The van der Waals surface area contributed by atoms with E-state index in [0.717, 1.165) is 30.0 Å². The number of hydrogen-bond donors (Lipinski definition) is 2. The lowest BCUT2D eigenvalue weighted by molar-refractivity contribution is -0.153. The second-order valence-corrected chi connectivity index (χ2v) is 7.05. The Morgan fingerprint density at radius 1 is 1.03 bits per heavy atom. The maximum Gasteiger partial charge on any atom is 0.422 e. The predicted octanol–water partition coefficient (Wildman–Crippen LogP) is 3.49. The summed E-state index contributed by atoms with van der Waals surface area (Å²) in [7, 11) is 1.68. The van der Waals surface area contributed by atoms with Gasteiger partial charge in [0, 0.05) is 39.4 Å². The van der Waals surface area contributed by atoms with E-state index in [-0.39, 0.29) is 5.75 Å². The van der Waals surface area contributed by atoms with E-state index in [1.165, 1.54) is 25.0 Å². The van der Waals surface area contributed by atoms with Crippen molar-refractivity contribution >= 4 is 11.8 Å². The number of nitrogens with one attached hydrogen (secondary N) is 2. The number of aliphatic imine (C=N–C) groups is 1. The van der Waals surface area contributed by atoms with Gasteiger partial charge in [0.05, 0.1) is 0 Å². The van der Waals surface area contributed by atoms with Gasteiger partial charge in [-0.15, -0.1) is 0 Å². The van der Waals surface area contributed by atoms with E-state index in [9.17, 15) is 13.2 Å². The Kier molecular flexibility index (Phi) is 7.37. The molecule has 0 radical (unpaired) electrons. The summed E-state index contributed by atoms with van der Waals surface area (Å²) >= 11 is 0. The summed E-state index contributed by atoms with van der Waals surface area (Å²) in [5, 5.41) is 6.41. The molecule has 0 saturated carbocycles. The van der Waals surface area contributed by atoms with Gasteiger partial charge < -0.3 is 20.3 Å². The first-order chi connectivity index (χ1) is 14.4. The molecule has 1 saturated heterocycles. The zero-order valence-corrected chi connectivity index (χ0v) is 16.9. The van der Waals surface area contributed by atoms with Crippen molar-refractivity contribution in [1.82, 2.24) is 15.6 Å². The third kappa shape index (κ3) is 6.82. The van der Waals surface area contributed by atoms with Gasteiger partial charge in [0.15, 0.2) is 12.6 Å². The fraction of sp³-hybridized carbons (Fsp3) is 0.429. The molecule has 1 aliphatic rings. The fourth-order valence-electron chi connectivity index (χ4n) is 3.12. The van der Waals surface area contributed by atoms with Crippen molar-refractivity contribution in [3.05, 3.63) is 53.7 Å². The average Bonchev–Trinajstić information content (AvgIpc) is 3.28. The SMILES string of the molecule is CN=C(NCc1ccc(OCC(F)(F)F)cc1)NCc1ccc(N2CCCC2)nc1. The van der Waals surface area contributed by atoms with Crippen molar-refractivity contribution in [3.8, 4) is 5.75 Å². The van der Waals surface area contributed by atoms with Crippen molar-refractivity contribution in [1.29, 1.82) is 0 Å². The minimum Gasteiger partial charge on any atom is -0.484 e. The van der Waals surface area contributed by atoms with Crippen LogP contribution in [0, 0.1) is 0 Å². The summed E-state index contributed by atoms with van der Waals surface area (Å²) < 4.78 is 41.3. The van der Waals surface area contributed by atoms with E-state index >= 15 is 0 Å². The summed E-state index contributed by atoms with van der Waals surface area (Å²) in [6.07, 6.45) is -0.0391. The number of nitrogens with zero attached hydrogens (tertiary/aromatic N) is 3. The minimum absolute atomic E-state index is 0.184. The minimum atomic E-state index is -4.34. The number of pyridine rings is 1. The zero-order valence-electron chi connectivity index (χ0n) is 16.9.